The molecule has 0 aliphatic rings. The van der Waals surface area contributed by atoms with Crippen LogP contribution in [0.15, 0.2) is 30.3 Å². The minimum atomic E-state index is -0.745. The number of carboxylic acids is 2. The summed E-state index contributed by atoms with van der Waals surface area (Å²) in [5, 5.41) is 39.3. The first-order valence-electron chi connectivity index (χ1n) is 8.33. The normalized spacial score (nSPS) is 9.15. The van der Waals surface area contributed by atoms with Crippen molar-refractivity contribution in [1.82, 2.24) is 5.32 Å². The fourth-order valence-electron chi connectivity index (χ4n) is 1.70. The topological polar surface area (TPSA) is 127 Å². The van der Waals surface area contributed by atoms with Crippen LogP contribution in [-0.2, 0) is 16.1 Å². The number of rotatable bonds is 5. The van der Waals surface area contributed by atoms with E-state index < -0.39 is 11.9 Å². The average Bonchev–Trinajstić information content (AvgIpc) is 2.61. The Hall–Kier alpha value is -2.51. The van der Waals surface area contributed by atoms with Crippen LogP contribution in [-0.4, -0.2) is 38.9 Å². The van der Waals surface area contributed by atoms with Crippen molar-refractivity contribution in [1.29, 1.82) is 0 Å². The van der Waals surface area contributed by atoms with Gasteiger partial charge in [-0.15, -0.1) is 12.4 Å². The van der Waals surface area contributed by atoms with Crippen molar-refractivity contribution in [3.8, 4) is 11.5 Å². The van der Waals surface area contributed by atoms with Crippen LogP contribution in [0.25, 0.3) is 10.8 Å². The number of hydrogen-bond acceptors (Lipinski definition) is 5. The van der Waals surface area contributed by atoms with Crippen molar-refractivity contribution >= 4 is 35.1 Å². The zero-order valence-electron chi connectivity index (χ0n) is 15.7. The number of nitrogens with one attached hydrogen (secondary N) is 1. The van der Waals surface area contributed by atoms with Crippen LogP contribution in [0.3, 0.4) is 0 Å². The molecule has 8 heteroatoms. The third-order valence-corrected chi connectivity index (χ3v) is 3.18. The molecule has 2 rings (SSSR count). The number of carboxylic acid groups (broad SMARTS) is 2. The smallest absolute Gasteiger partial charge is 0.303 e. The van der Waals surface area contributed by atoms with Gasteiger partial charge >= 0.3 is 11.9 Å². The zero-order valence-corrected chi connectivity index (χ0v) is 16.5. The van der Waals surface area contributed by atoms with E-state index in [0.717, 1.165) is 23.9 Å². The van der Waals surface area contributed by atoms with Gasteiger partial charge in [0, 0.05) is 19.4 Å². The maximum Gasteiger partial charge on any atom is 0.303 e. The van der Waals surface area contributed by atoms with Gasteiger partial charge in [-0.2, -0.15) is 0 Å². The number of halogens is 1. The first-order valence-corrected chi connectivity index (χ1v) is 8.33. The number of phenols is 2. The van der Waals surface area contributed by atoms with Crippen molar-refractivity contribution in [2.24, 2.45) is 0 Å². The lowest BCUT2D eigenvalue weighted by Crippen LogP contribution is -2.11. The molecule has 0 saturated heterocycles. The second-order valence-corrected chi connectivity index (χ2v) is 5.30. The van der Waals surface area contributed by atoms with Crippen LogP contribution in [0.5, 0.6) is 11.5 Å². The third kappa shape index (κ3) is 11.7. The average molecular weight is 402 g/mol. The van der Waals surface area contributed by atoms with Gasteiger partial charge < -0.3 is 25.7 Å². The summed E-state index contributed by atoms with van der Waals surface area (Å²) in [6.07, 6.45) is 0.444. The molecule has 0 bridgehead atoms. The van der Waals surface area contributed by atoms with Crippen molar-refractivity contribution in [3.63, 3.8) is 0 Å². The van der Waals surface area contributed by atoms with Gasteiger partial charge in [0.25, 0.3) is 0 Å². The van der Waals surface area contributed by atoms with Crippen LogP contribution in [0.2, 0.25) is 0 Å². The molecule has 0 radical (unpaired) electrons. The lowest BCUT2D eigenvalue weighted by molar-refractivity contribution is -0.137. The number of benzene rings is 2. The second-order valence-electron chi connectivity index (χ2n) is 5.30. The van der Waals surface area contributed by atoms with E-state index in [4.69, 9.17) is 10.2 Å². The Morgan fingerprint density at radius 2 is 1.30 bits per heavy atom. The van der Waals surface area contributed by atoms with Crippen molar-refractivity contribution in [3.05, 3.63) is 35.9 Å². The SMILES string of the molecule is CCC(=O)O.CCC(=O)O.CCNCc1ccc2cc(O)c(O)cc2c1.Cl. The molecule has 0 aromatic heterocycles. The van der Waals surface area contributed by atoms with E-state index >= 15 is 0 Å². The molecule has 0 atom stereocenters. The van der Waals surface area contributed by atoms with Crippen LogP contribution in [0.4, 0.5) is 0 Å². The minimum absolute atomic E-state index is 0. The van der Waals surface area contributed by atoms with Gasteiger partial charge in [-0.1, -0.05) is 32.9 Å². The Morgan fingerprint density at radius 3 is 1.70 bits per heavy atom. The molecule has 0 spiro atoms. The van der Waals surface area contributed by atoms with Gasteiger partial charge in [-0.25, -0.2) is 0 Å². The van der Waals surface area contributed by atoms with Gasteiger partial charge in [-0.3, -0.25) is 9.59 Å². The summed E-state index contributed by atoms with van der Waals surface area (Å²) in [6.45, 7) is 7.00. The Labute approximate surface area is 165 Å². The number of aliphatic carboxylic acids is 2. The number of fused-ring (bicyclic) bond motifs is 1. The van der Waals surface area contributed by atoms with E-state index in [1.54, 1.807) is 26.0 Å². The maximum absolute atomic E-state index is 9.42. The highest BCUT2D eigenvalue weighted by Gasteiger charge is 2.02. The van der Waals surface area contributed by atoms with Crippen LogP contribution in [0.1, 0.15) is 39.2 Å². The van der Waals surface area contributed by atoms with Crippen molar-refractivity contribution in [2.75, 3.05) is 6.54 Å². The van der Waals surface area contributed by atoms with Gasteiger partial charge in [-0.05, 0) is 41.1 Å². The van der Waals surface area contributed by atoms with E-state index in [9.17, 15) is 19.8 Å². The van der Waals surface area contributed by atoms with Crippen LogP contribution < -0.4 is 5.32 Å². The predicted molar refractivity (Wildman–Crippen MR) is 108 cm³/mol. The zero-order chi connectivity index (χ0) is 20.1. The molecule has 0 unspecified atom stereocenters. The monoisotopic (exact) mass is 401 g/mol. The molecule has 0 amide bonds. The highest BCUT2D eigenvalue weighted by molar-refractivity contribution is 5.86. The molecule has 7 nitrogen and oxygen atoms in total. The van der Waals surface area contributed by atoms with E-state index in [1.165, 1.54) is 5.56 Å². The highest BCUT2D eigenvalue weighted by Crippen LogP contribution is 2.30. The molecule has 0 aliphatic carbocycles. The maximum atomic E-state index is 9.42. The molecule has 2 aromatic carbocycles. The van der Waals surface area contributed by atoms with Gasteiger partial charge in [0.05, 0.1) is 0 Å². The number of carbonyl (C=O) groups is 2. The molecule has 152 valence electrons. The molecule has 0 fully saturated rings. The summed E-state index contributed by atoms with van der Waals surface area (Å²) in [4.78, 5) is 18.7. The molecular formula is C19H28ClNO6. The van der Waals surface area contributed by atoms with Crippen molar-refractivity contribution in [2.45, 2.75) is 40.2 Å². The first kappa shape index (κ1) is 26.7. The summed E-state index contributed by atoms with van der Waals surface area (Å²) < 4.78 is 0. The number of hydrogen-bond donors (Lipinski definition) is 5. The largest absolute Gasteiger partial charge is 0.504 e. The number of phenolic OH excluding ortho intramolecular Hbond substituents is 2. The fraction of sp³-hybridized carbons (Fsp3) is 0.368. The van der Waals surface area contributed by atoms with Gasteiger partial charge in [0.2, 0.25) is 0 Å². The van der Waals surface area contributed by atoms with Gasteiger partial charge in [0.1, 0.15) is 0 Å². The van der Waals surface area contributed by atoms with E-state index in [0.29, 0.717) is 0 Å². The highest BCUT2D eigenvalue weighted by atomic mass is 35.5. The summed E-state index contributed by atoms with van der Waals surface area (Å²) in [5.74, 6) is -1.64. The Balaban J connectivity index is 0. The Morgan fingerprint density at radius 1 is 0.852 bits per heavy atom. The van der Waals surface area contributed by atoms with E-state index in [2.05, 4.69) is 12.2 Å². The first-order chi connectivity index (χ1) is 12.2. The van der Waals surface area contributed by atoms with Crippen LogP contribution in [0, 0.1) is 0 Å². The number of aromatic hydroxyl groups is 2. The lowest BCUT2D eigenvalue weighted by atomic mass is 10.1. The van der Waals surface area contributed by atoms with Crippen LogP contribution >= 0.6 is 12.4 Å². The molecule has 0 heterocycles. The molecular weight excluding hydrogens is 374 g/mol. The standard InChI is InChI=1S/C13H15NO2.2C3H6O2.ClH/c1-2-14-8-9-3-4-10-6-12(15)13(16)7-11(10)5-9;2*1-2-3(4)5;/h3-7,14-16H,2,8H2,1H3;2*2H2,1H3,(H,4,5);1H. The summed E-state index contributed by atoms with van der Waals surface area (Å²) in [5.41, 5.74) is 1.17. The predicted octanol–water partition coefficient (Wildman–Crippen LogP) is 3.74. The Bertz CT molecular complexity index is 707. The molecule has 27 heavy (non-hydrogen) atoms. The fourth-order valence-corrected chi connectivity index (χ4v) is 1.70. The lowest BCUT2D eigenvalue weighted by Gasteiger charge is -2.05. The summed E-state index contributed by atoms with van der Waals surface area (Å²) >= 11 is 0. The summed E-state index contributed by atoms with van der Waals surface area (Å²) in [7, 11) is 0. The Kier molecular flexibility index (Phi) is 14.5. The second kappa shape index (κ2) is 14.6. The minimum Gasteiger partial charge on any atom is -0.504 e. The van der Waals surface area contributed by atoms with E-state index in [1.807, 2.05) is 18.2 Å². The summed E-state index contributed by atoms with van der Waals surface area (Å²) in [6, 6.07) is 9.13. The molecule has 2 aromatic rings. The molecule has 0 aliphatic heterocycles. The van der Waals surface area contributed by atoms with E-state index in [-0.39, 0.29) is 36.7 Å². The quantitative estimate of drug-likeness (QED) is 0.483. The van der Waals surface area contributed by atoms with Crippen molar-refractivity contribution < 1.29 is 30.0 Å². The third-order valence-electron chi connectivity index (χ3n) is 3.18. The molecule has 0 saturated carbocycles. The van der Waals surface area contributed by atoms with Gasteiger partial charge in [0.15, 0.2) is 11.5 Å². The molecule has 5 N–H and O–H groups in total.